The summed E-state index contributed by atoms with van der Waals surface area (Å²) < 4.78 is 23.4. The number of benzene rings is 2. The molecule has 0 heterocycles. The largest absolute Gasteiger partial charge is 0.356 e. The van der Waals surface area contributed by atoms with Crippen molar-refractivity contribution in [3.8, 4) is 0 Å². The predicted octanol–water partition coefficient (Wildman–Crippen LogP) is 3.98. The van der Waals surface area contributed by atoms with Gasteiger partial charge in [-0.3, -0.25) is 9.36 Å². The highest BCUT2D eigenvalue weighted by atomic mass is 31.2. The lowest BCUT2D eigenvalue weighted by Gasteiger charge is -2.46. The van der Waals surface area contributed by atoms with Gasteiger partial charge >= 0.3 is 7.60 Å². The number of hydrogen-bond acceptors (Lipinski definition) is 4. The minimum absolute atomic E-state index is 0.383. The lowest BCUT2D eigenvalue weighted by atomic mass is 9.67. The number of ether oxygens (including phenoxy) is 2. The second-order valence-corrected chi connectivity index (χ2v) is 9.02. The third kappa shape index (κ3) is 4.77. The Hall–Kier alpha value is -1.82. The normalized spacial score (nSPS) is 15.6. The molecule has 0 aliphatic rings. The second-order valence-electron chi connectivity index (χ2n) is 7.37. The van der Waals surface area contributed by atoms with E-state index in [1.165, 1.54) is 7.11 Å². The molecule has 0 radical (unpaired) electrons. The van der Waals surface area contributed by atoms with Crippen molar-refractivity contribution >= 4 is 13.4 Å². The zero-order valence-corrected chi connectivity index (χ0v) is 17.4. The molecule has 2 rings (SSSR count). The van der Waals surface area contributed by atoms with E-state index in [4.69, 9.17) is 9.47 Å². The Morgan fingerprint density at radius 2 is 1.54 bits per heavy atom. The molecule has 0 aliphatic heterocycles. The predicted molar refractivity (Wildman–Crippen MR) is 107 cm³/mol. The summed E-state index contributed by atoms with van der Waals surface area (Å²) in [6, 6.07) is 17.4. The summed E-state index contributed by atoms with van der Waals surface area (Å²) in [6.45, 7) is 4.90. The number of ketones is 1. The van der Waals surface area contributed by atoms with Crippen molar-refractivity contribution in [1.82, 2.24) is 0 Å². The van der Waals surface area contributed by atoms with E-state index in [0.717, 1.165) is 0 Å². The Kier molecular flexibility index (Phi) is 6.97. The van der Waals surface area contributed by atoms with Crippen molar-refractivity contribution < 1.29 is 28.6 Å². The molecule has 2 unspecified atom stereocenters. The SMILES string of the molecule is COC(C)OC(C(=O)c1ccccc1)(c1ccccc1)C(C)(C)CP(=O)(O)O. The highest BCUT2D eigenvalue weighted by Crippen LogP contribution is 2.53. The lowest BCUT2D eigenvalue weighted by molar-refractivity contribution is -0.208. The number of carbonyl (C=O) groups excluding carboxylic acids is 1. The van der Waals surface area contributed by atoms with Gasteiger partial charge in [0.15, 0.2) is 17.7 Å². The number of hydrogen-bond donors (Lipinski definition) is 2. The van der Waals surface area contributed by atoms with E-state index in [2.05, 4.69) is 0 Å². The summed E-state index contributed by atoms with van der Waals surface area (Å²) in [5, 5.41) is 0. The van der Waals surface area contributed by atoms with Gasteiger partial charge in [-0.15, -0.1) is 0 Å². The molecular weight excluding hydrogens is 379 g/mol. The zero-order valence-electron chi connectivity index (χ0n) is 16.5. The van der Waals surface area contributed by atoms with Crippen LogP contribution in [-0.4, -0.2) is 35.1 Å². The maximum absolute atomic E-state index is 13.8. The molecular formula is C21H27O6P. The summed E-state index contributed by atoms with van der Waals surface area (Å²) in [5.41, 5.74) is -2.04. The molecule has 2 atom stereocenters. The van der Waals surface area contributed by atoms with Gasteiger partial charge in [-0.2, -0.15) is 0 Å². The van der Waals surface area contributed by atoms with Crippen LogP contribution in [-0.2, 0) is 19.6 Å². The van der Waals surface area contributed by atoms with E-state index in [-0.39, 0.29) is 5.78 Å². The molecule has 0 fully saturated rings. The van der Waals surface area contributed by atoms with Crippen LogP contribution < -0.4 is 0 Å². The van der Waals surface area contributed by atoms with Crippen LogP contribution >= 0.6 is 7.60 Å². The molecule has 152 valence electrons. The third-order valence-electron chi connectivity index (χ3n) is 4.77. The first kappa shape index (κ1) is 22.5. The Balaban J connectivity index is 2.79. The van der Waals surface area contributed by atoms with Gasteiger partial charge in [-0.25, -0.2) is 0 Å². The summed E-state index contributed by atoms with van der Waals surface area (Å²) in [4.78, 5) is 33.3. The van der Waals surface area contributed by atoms with Crippen LogP contribution in [0, 0.1) is 5.41 Å². The lowest BCUT2D eigenvalue weighted by Crippen LogP contribution is -2.54. The standard InChI is InChI=1S/C21H27O6P/c1-16(26-4)27-21(18-13-9-6-10-14-18,20(2,3)15-28(23,24)25)19(22)17-11-7-5-8-12-17/h5-14,16H,15H2,1-4H3,(H2,23,24,25). The average molecular weight is 406 g/mol. The van der Waals surface area contributed by atoms with E-state index in [0.29, 0.717) is 11.1 Å². The van der Waals surface area contributed by atoms with Crippen molar-refractivity contribution in [1.29, 1.82) is 0 Å². The van der Waals surface area contributed by atoms with Crippen LogP contribution in [0.2, 0.25) is 0 Å². The molecule has 2 aromatic carbocycles. The highest BCUT2D eigenvalue weighted by molar-refractivity contribution is 7.51. The van der Waals surface area contributed by atoms with Gasteiger partial charge in [0.1, 0.15) is 0 Å². The maximum atomic E-state index is 13.8. The molecule has 0 aliphatic carbocycles. The molecule has 0 spiro atoms. The minimum Gasteiger partial charge on any atom is -0.356 e. The fourth-order valence-corrected chi connectivity index (χ4v) is 4.75. The van der Waals surface area contributed by atoms with Gasteiger partial charge in [-0.05, 0) is 12.5 Å². The molecule has 0 aromatic heterocycles. The van der Waals surface area contributed by atoms with Crippen molar-refractivity contribution in [2.75, 3.05) is 13.3 Å². The second kappa shape index (κ2) is 8.68. The van der Waals surface area contributed by atoms with Gasteiger partial charge in [0, 0.05) is 18.1 Å². The zero-order chi connectivity index (χ0) is 21.0. The molecule has 7 heteroatoms. The smallest absolute Gasteiger partial charge is 0.326 e. The van der Waals surface area contributed by atoms with Crippen LogP contribution in [0.15, 0.2) is 60.7 Å². The monoisotopic (exact) mass is 406 g/mol. The fraction of sp³-hybridized carbons (Fsp3) is 0.381. The van der Waals surface area contributed by atoms with E-state index < -0.39 is 31.1 Å². The first-order chi connectivity index (χ1) is 13.0. The topological polar surface area (TPSA) is 93.1 Å². The molecule has 6 nitrogen and oxygen atoms in total. The Morgan fingerprint density at radius 1 is 1.04 bits per heavy atom. The third-order valence-corrected chi connectivity index (χ3v) is 5.97. The molecule has 28 heavy (non-hydrogen) atoms. The summed E-state index contributed by atoms with van der Waals surface area (Å²) in [7, 11) is -3.01. The number of rotatable bonds is 9. The summed E-state index contributed by atoms with van der Waals surface area (Å²) >= 11 is 0. The van der Waals surface area contributed by atoms with Crippen LogP contribution in [0.4, 0.5) is 0 Å². The molecule has 2 aromatic rings. The average Bonchev–Trinajstić information content (AvgIpc) is 2.64. The first-order valence-electron chi connectivity index (χ1n) is 8.94. The van der Waals surface area contributed by atoms with Crippen LogP contribution in [0.1, 0.15) is 36.7 Å². The van der Waals surface area contributed by atoms with Crippen molar-refractivity contribution in [3.05, 3.63) is 71.8 Å². The Morgan fingerprint density at radius 3 is 2.00 bits per heavy atom. The van der Waals surface area contributed by atoms with Gasteiger partial charge in [0.25, 0.3) is 0 Å². The molecule has 0 saturated carbocycles. The van der Waals surface area contributed by atoms with E-state index in [1.807, 2.05) is 0 Å². The fourth-order valence-electron chi connectivity index (χ4n) is 3.50. The van der Waals surface area contributed by atoms with Gasteiger partial charge in [0.05, 0.1) is 6.16 Å². The number of carbonyl (C=O) groups is 1. The van der Waals surface area contributed by atoms with Gasteiger partial charge in [-0.1, -0.05) is 74.5 Å². The minimum atomic E-state index is -4.46. The van der Waals surface area contributed by atoms with Crippen molar-refractivity contribution in [2.24, 2.45) is 5.41 Å². The Bertz CT molecular complexity index is 830. The van der Waals surface area contributed by atoms with Crippen molar-refractivity contribution in [3.63, 3.8) is 0 Å². The summed E-state index contributed by atoms with van der Waals surface area (Å²) in [5.74, 6) is -0.387. The molecule has 0 saturated heterocycles. The van der Waals surface area contributed by atoms with Gasteiger partial charge in [0.2, 0.25) is 0 Å². The van der Waals surface area contributed by atoms with Gasteiger partial charge < -0.3 is 19.3 Å². The number of methoxy groups -OCH3 is 1. The van der Waals surface area contributed by atoms with E-state index in [9.17, 15) is 19.1 Å². The van der Waals surface area contributed by atoms with Crippen LogP contribution in [0.5, 0.6) is 0 Å². The van der Waals surface area contributed by atoms with Crippen LogP contribution in [0.25, 0.3) is 0 Å². The quantitative estimate of drug-likeness (QED) is 0.372. The molecule has 2 N–H and O–H groups in total. The first-order valence-corrected chi connectivity index (χ1v) is 10.7. The molecule has 0 bridgehead atoms. The van der Waals surface area contributed by atoms with Crippen LogP contribution in [0.3, 0.4) is 0 Å². The highest BCUT2D eigenvalue weighted by Gasteiger charge is 2.56. The molecule has 0 amide bonds. The Labute approximate surface area is 165 Å². The maximum Gasteiger partial charge on any atom is 0.326 e. The summed E-state index contributed by atoms with van der Waals surface area (Å²) in [6.07, 6.45) is -1.33. The van der Waals surface area contributed by atoms with Crippen molar-refractivity contribution in [2.45, 2.75) is 32.7 Å². The number of Topliss-reactive ketones (excluding diaryl/α,β-unsaturated/α-hetero) is 1. The van der Waals surface area contributed by atoms with E-state index in [1.54, 1.807) is 81.4 Å². The van der Waals surface area contributed by atoms with E-state index >= 15 is 0 Å².